The van der Waals surface area contributed by atoms with Gasteiger partial charge in [0.25, 0.3) is 0 Å². The molecule has 0 bridgehead atoms. The highest BCUT2D eigenvalue weighted by molar-refractivity contribution is 5.95. The van der Waals surface area contributed by atoms with E-state index in [1.165, 1.54) is 33.4 Å². The first kappa shape index (κ1) is 16.3. The molecule has 3 aromatic carbocycles. The Bertz CT molecular complexity index is 1110. The van der Waals surface area contributed by atoms with Crippen LogP contribution in [0.15, 0.2) is 77.8 Å². The molecule has 0 saturated carbocycles. The standard InChI is InChI=1S/C24H22N2/c1-17-8-6-11-22(14-17)26-18(2)15-21(19(26)3)16-25-24-13-7-10-20-9-4-5-12-23(20)24/h4-16H,1-3H3. The molecule has 0 aliphatic heterocycles. The first-order chi connectivity index (χ1) is 12.6. The van der Waals surface area contributed by atoms with Crippen molar-refractivity contribution in [2.75, 3.05) is 0 Å². The molecule has 2 nitrogen and oxygen atoms in total. The average Bonchev–Trinajstić information content (AvgIpc) is 2.93. The number of nitrogens with zero attached hydrogens (tertiary/aromatic N) is 2. The molecule has 1 heterocycles. The van der Waals surface area contributed by atoms with E-state index in [-0.39, 0.29) is 0 Å². The van der Waals surface area contributed by atoms with E-state index in [1.54, 1.807) is 0 Å². The fourth-order valence-corrected chi connectivity index (χ4v) is 3.54. The Balaban J connectivity index is 1.75. The van der Waals surface area contributed by atoms with Crippen molar-refractivity contribution in [2.45, 2.75) is 20.8 Å². The lowest BCUT2D eigenvalue weighted by atomic mass is 10.1. The molecular weight excluding hydrogens is 316 g/mol. The molecule has 4 rings (SSSR count). The normalized spacial score (nSPS) is 11.5. The number of hydrogen-bond donors (Lipinski definition) is 0. The molecule has 128 valence electrons. The van der Waals surface area contributed by atoms with E-state index in [0.717, 1.165) is 11.3 Å². The van der Waals surface area contributed by atoms with Crippen molar-refractivity contribution in [3.8, 4) is 5.69 Å². The Kier molecular flexibility index (Phi) is 4.18. The minimum atomic E-state index is 1.00. The second-order valence-corrected chi connectivity index (χ2v) is 6.76. The lowest BCUT2D eigenvalue weighted by Crippen LogP contribution is -1.99. The summed E-state index contributed by atoms with van der Waals surface area (Å²) in [5.41, 5.74) is 7.04. The van der Waals surface area contributed by atoms with E-state index in [2.05, 4.69) is 98.1 Å². The topological polar surface area (TPSA) is 17.3 Å². The smallest absolute Gasteiger partial charge is 0.0708 e. The van der Waals surface area contributed by atoms with Crippen LogP contribution in [0.2, 0.25) is 0 Å². The van der Waals surface area contributed by atoms with Crippen molar-refractivity contribution in [3.63, 3.8) is 0 Å². The molecule has 26 heavy (non-hydrogen) atoms. The fourth-order valence-electron chi connectivity index (χ4n) is 3.54. The van der Waals surface area contributed by atoms with Crippen molar-refractivity contribution in [1.29, 1.82) is 0 Å². The lowest BCUT2D eigenvalue weighted by molar-refractivity contribution is 0.963. The van der Waals surface area contributed by atoms with Crippen LogP contribution in [-0.4, -0.2) is 10.8 Å². The number of rotatable bonds is 3. The monoisotopic (exact) mass is 338 g/mol. The van der Waals surface area contributed by atoms with E-state index >= 15 is 0 Å². The summed E-state index contributed by atoms with van der Waals surface area (Å²) in [6.07, 6.45) is 1.98. The molecule has 0 aliphatic carbocycles. The molecule has 0 saturated heterocycles. The van der Waals surface area contributed by atoms with Crippen LogP contribution in [0.4, 0.5) is 5.69 Å². The lowest BCUT2D eigenvalue weighted by Gasteiger charge is -2.10. The van der Waals surface area contributed by atoms with Gasteiger partial charge < -0.3 is 4.57 Å². The molecule has 0 aliphatic rings. The van der Waals surface area contributed by atoms with Gasteiger partial charge in [-0.25, -0.2) is 0 Å². The van der Waals surface area contributed by atoms with E-state index in [9.17, 15) is 0 Å². The predicted octanol–water partition coefficient (Wildman–Crippen LogP) is 6.31. The molecule has 0 N–H and O–H groups in total. The summed E-state index contributed by atoms with van der Waals surface area (Å²) < 4.78 is 2.29. The van der Waals surface area contributed by atoms with Gasteiger partial charge in [0.2, 0.25) is 0 Å². The molecule has 2 heteroatoms. The minimum absolute atomic E-state index is 1.00. The van der Waals surface area contributed by atoms with Crippen molar-refractivity contribution < 1.29 is 0 Å². The molecule has 0 spiro atoms. The van der Waals surface area contributed by atoms with Gasteiger partial charge in [0.15, 0.2) is 0 Å². The summed E-state index contributed by atoms with van der Waals surface area (Å²) in [4.78, 5) is 4.79. The van der Waals surface area contributed by atoms with Crippen LogP contribution >= 0.6 is 0 Å². The van der Waals surface area contributed by atoms with Crippen molar-refractivity contribution in [3.05, 3.63) is 95.3 Å². The van der Waals surface area contributed by atoms with E-state index in [4.69, 9.17) is 4.99 Å². The number of benzene rings is 3. The van der Waals surface area contributed by atoms with E-state index in [1.807, 2.05) is 6.21 Å². The Labute approximate surface area is 154 Å². The number of aromatic nitrogens is 1. The first-order valence-electron chi connectivity index (χ1n) is 8.91. The van der Waals surface area contributed by atoms with Gasteiger partial charge >= 0.3 is 0 Å². The van der Waals surface area contributed by atoms with Crippen LogP contribution in [0.25, 0.3) is 16.5 Å². The van der Waals surface area contributed by atoms with Crippen LogP contribution in [0.1, 0.15) is 22.5 Å². The summed E-state index contributed by atoms with van der Waals surface area (Å²) in [6, 6.07) is 25.4. The second-order valence-electron chi connectivity index (χ2n) is 6.76. The van der Waals surface area contributed by atoms with Crippen molar-refractivity contribution in [1.82, 2.24) is 4.57 Å². The summed E-state index contributed by atoms with van der Waals surface area (Å²) in [7, 11) is 0. The number of hydrogen-bond acceptors (Lipinski definition) is 1. The third-order valence-corrected chi connectivity index (χ3v) is 4.84. The maximum atomic E-state index is 4.79. The van der Waals surface area contributed by atoms with Gasteiger partial charge in [-0.2, -0.15) is 0 Å². The molecule has 0 atom stereocenters. The Hall–Kier alpha value is -3.13. The zero-order valence-electron chi connectivity index (χ0n) is 15.4. The third-order valence-electron chi connectivity index (χ3n) is 4.84. The highest BCUT2D eigenvalue weighted by Gasteiger charge is 2.09. The largest absolute Gasteiger partial charge is 0.318 e. The van der Waals surface area contributed by atoms with Gasteiger partial charge in [-0.05, 0) is 56.0 Å². The zero-order chi connectivity index (χ0) is 18.1. The number of aryl methyl sites for hydroxylation is 2. The maximum Gasteiger partial charge on any atom is 0.0708 e. The maximum absolute atomic E-state index is 4.79. The van der Waals surface area contributed by atoms with Gasteiger partial charge in [0, 0.05) is 34.2 Å². The Morgan fingerprint density at radius 2 is 1.58 bits per heavy atom. The van der Waals surface area contributed by atoms with Crippen LogP contribution in [0.5, 0.6) is 0 Å². The summed E-state index contributed by atoms with van der Waals surface area (Å²) in [5, 5.41) is 2.39. The molecule has 0 radical (unpaired) electrons. The first-order valence-corrected chi connectivity index (χ1v) is 8.91. The SMILES string of the molecule is Cc1cccc(-n2c(C)cc(C=Nc3cccc4ccccc34)c2C)c1. The molecule has 0 amide bonds. The van der Waals surface area contributed by atoms with E-state index in [0.29, 0.717) is 0 Å². The third kappa shape index (κ3) is 2.95. The second kappa shape index (κ2) is 6.64. The number of fused-ring (bicyclic) bond motifs is 1. The zero-order valence-corrected chi connectivity index (χ0v) is 15.4. The summed E-state index contributed by atoms with van der Waals surface area (Å²) >= 11 is 0. The molecule has 0 unspecified atom stereocenters. The number of aliphatic imine (C=N–C) groups is 1. The van der Waals surface area contributed by atoms with Gasteiger partial charge in [0.05, 0.1) is 5.69 Å². The average molecular weight is 338 g/mol. The molecular formula is C24H22N2. The Morgan fingerprint density at radius 1 is 0.808 bits per heavy atom. The summed E-state index contributed by atoms with van der Waals surface area (Å²) in [6.45, 7) is 6.42. The van der Waals surface area contributed by atoms with E-state index < -0.39 is 0 Å². The highest BCUT2D eigenvalue weighted by atomic mass is 15.0. The quantitative estimate of drug-likeness (QED) is 0.390. The van der Waals surface area contributed by atoms with Crippen molar-refractivity contribution >= 4 is 22.7 Å². The predicted molar refractivity (Wildman–Crippen MR) is 111 cm³/mol. The van der Waals surface area contributed by atoms with Gasteiger partial charge in [-0.15, -0.1) is 0 Å². The summed E-state index contributed by atoms with van der Waals surface area (Å²) in [5.74, 6) is 0. The van der Waals surface area contributed by atoms with Gasteiger partial charge in [-0.3, -0.25) is 4.99 Å². The molecule has 1 aromatic heterocycles. The van der Waals surface area contributed by atoms with Gasteiger partial charge in [-0.1, -0.05) is 48.5 Å². The fraction of sp³-hybridized carbons (Fsp3) is 0.125. The Morgan fingerprint density at radius 3 is 2.42 bits per heavy atom. The van der Waals surface area contributed by atoms with Crippen LogP contribution in [0.3, 0.4) is 0 Å². The highest BCUT2D eigenvalue weighted by Crippen LogP contribution is 2.26. The van der Waals surface area contributed by atoms with Crippen LogP contribution in [0, 0.1) is 20.8 Å². The van der Waals surface area contributed by atoms with Crippen LogP contribution < -0.4 is 0 Å². The minimum Gasteiger partial charge on any atom is -0.318 e. The molecule has 0 fully saturated rings. The van der Waals surface area contributed by atoms with Crippen LogP contribution in [-0.2, 0) is 0 Å². The molecule has 4 aromatic rings. The van der Waals surface area contributed by atoms with Gasteiger partial charge in [0.1, 0.15) is 0 Å². The van der Waals surface area contributed by atoms with Crippen molar-refractivity contribution in [2.24, 2.45) is 4.99 Å².